The molecule has 0 aliphatic carbocycles. The molecule has 0 atom stereocenters. The van der Waals surface area contributed by atoms with Gasteiger partial charge in [-0.05, 0) is 18.6 Å². The normalized spacial score (nSPS) is 10.1. The van der Waals surface area contributed by atoms with Crippen LogP contribution in [0.4, 0.5) is 8.78 Å². The van der Waals surface area contributed by atoms with Crippen LogP contribution in [0.25, 0.3) is 0 Å². The third kappa shape index (κ3) is 5.23. The third-order valence-electron chi connectivity index (χ3n) is 1.28. The first-order valence-corrected chi connectivity index (χ1v) is 4.25. The van der Waals surface area contributed by atoms with Crippen molar-refractivity contribution in [1.82, 2.24) is 10.2 Å². The number of hydrogen-bond acceptors (Lipinski definition) is 1. The lowest BCUT2D eigenvalue weighted by Gasteiger charge is -2.19. The van der Waals surface area contributed by atoms with Gasteiger partial charge in [-0.2, -0.15) is 0 Å². The lowest BCUT2D eigenvalue weighted by atomic mass is 10.5. The second-order valence-electron chi connectivity index (χ2n) is 2.50. The van der Waals surface area contributed by atoms with E-state index in [1.807, 2.05) is 6.92 Å². The molecule has 0 saturated carbocycles. The van der Waals surface area contributed by atoms with E-state index in [-0.39, 0.29) is 6.54 Å². The quantitative estimate of drug-likeness (QED) is 0.685. The van der Waals surface area contributed by atoms with Crippen molar-refractivity contribution in [3.8, 4) is 0 Å². The van der Waals surface area contributed by atoms with Crippen LogP contribution < -0.4 is 5.32 Å². The highest BCUT2D eigenvalue weighted by atomic mass is 32.1. The molecule has 0 fully saturated rings. The maximum atomic E-state index is 11.8. The van der Waals surface area contributed by atoms with Crippen molar-refractivity contribution in [1.29, 1.82) is 0 Å². The highest BCUT2D eigenvalue weighted by Gasteiger charge is 2.09. The van der Waals surface area contributed by atoms with Gasteiger partial charge in [0.1, 0.15) is 0 Å². The van der Waals surface area contributed by atoms with Gasteiger partial charge in [-0.1, -0.05) is 6.92 Å². The predicted molar refractivity (Wildman–Crippen MR) is 49.5 cm³/mol. The predicted octanol–water partition coefficient (Wildman–Crippen LogP) is 1.47. The van der Waals surface area contributed by atoms with Crippen LogP contribution in [0.15, 0.2) is 0 Å². The summed E-state index contributed by atoms with van der Waals surface area (Å²) in [6.07, 6.45) is -1.40. The molecule has 0 aromatic rings. The zero-order valence-electron chi connectivity index (χ0n) is 7.31. The fraction of sp³-hybridized carbons (Fsp3) is 0.857. The van der Waals surface area contributed by atoms with Crippen molar-refractivity contribution in [2.24, 2.45) is 0 Å². The molecule has 0 unspecified atom stereocenters. The number of alkyl halides is 2. The summed E-state index contributed by atoms with van der Waals surface area (Å²) < 4.78 is 23.7. The SMILES string of the molecule is CCCNC(=S)N(C)CC(F)F. The molecule has 0 rings (SSSR count). The lowest BCUT2D eigenvalue weighted by molar-refractivity contribution is 0.123. The summed E-state index contributed by atoms with van der Waals surface area (Å²) in [6.45, 7) is 2.41. The molecular formula is C7H14F2N2S. The second kappa shape index (κ2) is 6.11. The van der Waals surface area contributed by atoms with Gasteiger partial charge in [0.2, 0.25) is 0 Å². The Labute approximate surface area is 76.9 Å². The minimum atomic E-state index is -2.34. The Balaban J connectivity index is 3.61. The van der Waals surface area contributed by atoms with Crippen LogP contribution in [0.1, 0.15) is 13.3 Å². The Kier molecular flexibility index (Phi) is 5.88. The highest BCUT2D eigenvalue weighted by molar-refractivity contribution is 7.80. The van der Waals surface area contributed by atoms with Gasteiger partial charge in [-0.15, -0.1) is 0 Å². The van der Waals surface area contributed by atoms with Gasteiger partial charge in [0.25, 0.3) is 6.43 Å². The third-order valence-corrected chi connectivity index (χ3v) is 1.74. The van der Waals surface area contributed by atoms with E-state index in [0.717, 1.165) is 13.0 Å². The molecule has 5 heteroatoms. The van der Waals surface area contributed by atoms with Crippen molar-refractivity contribution in [3.63, 3.8) is 0 Å². The van der Waals surface area contributed by atoms with Gasteiger partial charge in [-0.25, -0.2) is 8.78 Å². The van der Waals surface area contributed by atoms with E-state index in [1.165, 1.54) is 4.90 Å². The number of nitrogens with one attached hydrogen (secondary N) is 1. The standard InChI is InChI=1S/C7H14F2N2S/c1-3-4-10-7(12)11(2)5-6(8)9/h6H,3-5H2,1-2H3,(H,10,12). The maximum Gasteiger partial charge on any atom is 0.255 e. The van der Waals surface area contributed by atoms with Crippen molar-refractivity contribution >= 4 is 17.3 Å². The summed E-state index contributed by atoms with van der Waals surface area (Å²) >= 11 is 4.84. The molecule has 12 heavy (non-hydrogen) atoms. The number of nitrogens with zero attached hydrogens (tertiary/aromatic N) is 1. The van der Waals surface area contributed by atoms with Crippen molar-refractivity contribution in [2.75, 3.05) is 20.1 Å². The minimum Gasteiger partial charge on any atom is -0.363 e. The highest BCUT2D eigenvalue weighted by Crippen LogP contribution is 1.95. The molecule has 0 saturated heterocycles. The van der Waals surface area contributed by atoms with Crippen LogP contribution in [0, 0.1) is 0 Å². The van der Waals surface area contributed by atoms with Crippen LogP contribution in [0.2, 0.25) is 0 Å². The van der Waals surface area contributed by atoms with Gasteiger partial charge < -0.3 is 10.2 Å². The summed E-state index contributed by atoms with van der Waals surface area (Å²) in [7, 11) is 1.55. The fourth-order valence-electron chi connectivity index (χ4n) is 0.657. The van der Waals surface area contributed by atoms with Crippen LogP contribution in [0.5, 0.6) is 0 Å². The number of rotatable bonds is 4. The van der Waals surface area contributed by atoms with Crippen molar-refractivity contribution in [3.05, 3.63) is 0 Å². The first-order chi connectivity index (χ1) is 5.57. The minimum absolute atomic E-state index is 0.310. The van der Waals surface area contributed by atoms with Crippen molar-refractivity contribution < 1.29 is 8.78 Å². The Morgan fingerprint density at radius 3 is 2.58 bits per heavy atom. The summed E-state index contributed by atoms with van der Waals surface area (Å²) in [5, 5.41) is 3.25. The first-order valence-electron chi connectivity index (χ1n) is 3.85. The molecule has 72 valence electrons. The van der Waals surface area contributed by atoms with Crippen LogP contribution in [-0.2, 0) is 0 Å². The first kappa shape index (κ1) is 11.6. The zero-order chi connectivity index (χ0) is 9.56. The smallest absolute Gasteiger partial charge is 0.255 e. The average molecular weight is 196 g/mol. The molecular weight excluding hydrogens is 182 g/mol. The summed E-state index contributed by atoms with van der Waals surface area (Å²) in [6, 6.07) is 0. The van der Waals surface area contributed by atoms with Crippen LogP contribution in [-0.4, -0.2) is 36.6 Å². The molecule has 0 aromatic heterocycles. The monoisotopic (exact) mass is 196 g/mol. The Bertz CT molecular complexity index is 141. The molecule has 0 bridgehead atoms. The van der Waals surface area contributed by atoms with Gasteiger partial charge >= 0.3 is 0 Å². The maximum absolute atomic E-state index is 11.8. The van der Waals surface area contributed by atoms with Crippen molar-refractivity contribution in [2.45, 2.75) is 19.8 Å². The molecule has 0 spiro atoms. The van der Waals surface area contributed by atoms with Gasteiger partial charge in [-0.3, -0.25) is 0 Å². The van der Waals surface area contributed by atoms with E-state index in [0.29, 0.717) is 5.11 Å². The summed E-state index contributed by atoms with van der Waals surface area (Å²) in [4.78, 5) is 1.34. The largest absolute Gasteiger partial charge is 0.363 e. The molecule has 0 aromatic carbocycles. The molecule has 0 heterocycles. The second-order valence-corrected chi connectivity index (χ2v) is 2.89. The molecule has 2 nitrogen and oxygen atoms in total. The van der Waals surface area contributed by atoms with E-state index in [2.05, 4.69) is 5.32 Å². The molecule has 0 amide bonds. The molecule has 0 radical (unpaired) electrons. The van der Waals surface area contributed by atoms with Gasteiger partial charge in [0.15, 0.2) is 5.11 Å². The molecule has 1 N–H and O–H groups in total. The molecule has 0 aliphatic rings. The van der Waals surface area contributed by atoms with E-state index in [9.17, 15) is 8.78 Å². The Morgan fingerprint density at radius 1 is 1.58 bits per heavy atom. The van der Waals surface area contributed by atoms with Gasteiger partial charge in [0.05, 0.1) is 6.54 Å². The number of hydrogen-bond donors (Lipinski definition) is 1. The number of thiocarbonyl (C=S) groups is 1. The molecule has 0 aliphatic heterocycles. The van der Waals surface area contributed by atoms with E-state index in [1.54, 1.807) is 7.05 Å². The summed E-state index contributed by atoms with van der Waals surface area (Å²) in [5.41, 5.74) is 0. The summed E-state index contributed by atoms with van der Waals surface area (Å²) in [5.74, 6) is 0. The van der Waals surface area contributed by atoms with Crippen LogP contribution >= 0.6 is 12.2 Å². The Morgan fingerprint density at radius 2 is 2.17 bits per heavy atom. The van der Waals surface area contributed by atoms with Gasteiger partial charge in [0, 0.05) is 13.6 Å². The van der Waals surface area contributed by atoms with Crippen LogP contribution in [0.3, 0.4) is 0 Å². The zero-order valence-corrected chi connectivity index (χ0v) is 8.13. The van der Waals surface area contributed by atoms with E-state index in [4.69, 9.17) is 12.2 Å². The average Bonchev–Trinajstić information content (AvgIpc) is 1.98. The van der Waals surface area contributed by atoms with E-state index >= 15 is 0 Å². The van der Waals surface area contributed by atoms with E-state index < -0.39 is 6.43 Å². The Hall–Kier alpha value is -0.450. The fourth-order valence-corrected chi connectivity index (χ4v) is 0.833. The number of halogens is 2. The topological polar surface area (TPSA) is 15.3 Å². The lowest BCUT2D eigenvalue weighted by Crippen LogP contribution is -2.39.